The summed E-state index contributed by atoms with van der Waals surface area (Å²) in [5, 5.41) is 1.53. The van der Waals surface area contributed by atoms with Gasteiger partial charge in [-0.2, -0.15) is 0 Å². The van der Waals surface area contributed by atoms with Crippen molar-refractivity contribution < 1.29 is 13.5 Å². The van der Waals surface area contributed by atoms with Crippen LogP contribution in [0.2, 0.25) is 0 Å². The maximum Gasteiger partial charge on any atom is 0.182 e. The van der Waals surface area contributed by atoms with Crippen LogP contribution in [0.5, 0.6) is 5.75 Å². The van der Waals surface area contributed by atoms with E-state index >= 15 is 0 Å². The molecule has 1 fully saturated rings. The molecule has 2 aromatic carbocycles. The molecule has 1 aromatic heterocycles. The standard InChI is InChI=1S/C22H24F2OS/c1-2-4-14-7-9-15(10-8-14)13-25-19-12-11-17-16-5-3-6-18(23)21(16)26-22(17)20(19)24/h3,5-6,11-12,14-15H,2,4,7-10,13H2,1H3. The Morgan fingerprint density at radius 2 is 1.69 bits per heavy atom. The molecule has 0 aliphatic heterocycles. The molecule has 0 bridgehead atoms. The van der Waals surface area contributed by atoms with Gasteiger partial charge in [-0.15, -0.1) is 11.3 Å². The van der Waals surface area contributed by atoms with Crippen molar-refractivity contribution in [1.82, 2.24) is 0 Å². The van der Waals surface area contributed by atoms with Crippen molar-refractivity contribution in [2.24, 2.45) is 11.8 Å². The van der Waals surface area contributed by atoms with Crippen molar-refractivity contribution in [3.8, 4) is 5.75 Å². The van der Waals surface area contributed by atoms with Gasteiger partial charge in [0, 0.05) is 10.8 Å². The minimum Gasteiger partial charge on any atom is -0.490 e. The lowest BCUT2D eigenvalue weighted by molar-refractivity contribution is 0.175. The number of hydrogen-bond donors (Lipinski definition) is 0. The van der Waals surface area contributed by atoms with Gasteiger partial charge in [-0.1, -0.05) is 44.7 Å². The second kappa shape index (κ2) is 7.51. The summed E-state index contributed by atoms with van der Waals surface area (Å²) in [6.07, 6.45) is 7.44. The molecule has 0 unspecified atom stereocenters. The molecule has 1 aliphatic rings. The first-order chi connectivity index (χ1) is 12.7. The average Bonchev–Trinajstić information content (AvgIpc) is 3.04. The summed E-state index contributed by atoms with van der Waals surface area (Å²) in [6, 6.07) is 8.47. The molecular weight excluding hydrogens is 350 g/mol. The monoisotopic (exact) mass is 374 g/mol. The summed E-state index contributed by atoms with van der Waals surface area (Å²) >= 11 is 1.17. The van der Waals surface area contributed by atoms with Crippen LogP contribution in [0.3, 0.4) is 0 Å². The van der Waals surface area contributed by atoms with Crippen LogP contribution < -0.4 is 4.74 Å². The fraction of sp³-hybridized carbons (Fsp3) is 0.455. The molecule has 0 radical (unpaired) electrons. The van der Waals surface area contributed by atoms with E-state index in [4.69, 9.17) is 4.74 Å². The molecule has 3 aromatic rings. The third kappa shape index (κ3) is 3.32. The van der Waals surface area contributed by atoms with Crippen molar-refractivity contribution >= 4 is 31.5 Å². The molecule has 0 saturated heterocycles. The first-order valence-corrected chi connectivity index (χ1v) is 10.4. The molecule has 1 aliphatic carbocycles. The van der Waals surface area contributed by atoms with E-state index in [1.807, 2.05) is 12.1 Å². The first kappa shape index (κ1) is 17.7. The highest BCUT2D eigenvalue weighted by Gasteiger charge is 2.22. The molecule has 1 saturated carbocycles. The van der Waals surface area contributed by atoms with Crippen LogP contribution in [0.1, 0.15) is 45.4 Å². The van der Waals surface area contributed by atoms with E-state index in [9.17, 15) is 8.78 Å². The lowest BCUT2D eigenvalue weighted by Crippen LogP contribution is -2.20. The molecule has 4 heteroatoms. The van der Waals surface area contributed by atoms with E-state index in [0.717, 1.165) is 16.7 Å². The van der Waals surface area contributed by atoms with Gasteiger partial charge in [-0.3, -0.25) is 0 Å². The topological polar surface area (TPSA) is 9.23 Å². The molecule has 0 atom stereocenters. The van der Waals surface area contributed by atoms with Gasteiger partial charge in [0.15, 0.2) is 11.6 Å². The maximum atomic E-state index is 14.9. The largest absolute Gasteiger partial charge is 0.490 e. The number of rotatable bonds is 5. The Labute approximate surface area is 157 Å². The SMILES string of the molecule is CCCC1CCC(COc2ccc3c(sc4c(F)cccc43)c2F)CC1. The van der Waals surface area contributed by atoms with E-state index in [-0.39, 0.29) is 11.6 Å². The zero-order valence-electron chi connectivity index (χ0n) is 15.1. The number of ether oxygens (including phenoxy) is 1. The van der Waals surface area contributed by atoms with Crippen LogP contribution in [0.25, 0.3) is 20.2 Å². The van der Waals surface area contributed by atoms with Crippen LogP contribution in [-0.2, 0) is 0 Å². The summed E-state index contributed by atoms with van der Waals surface area (Å²) in [4.78, 5) is 0. The minimum absolute atomic E-state index is 0.292. The van der Waals surface area contributed by atoms with Gasteiger partial charge < -0.3 is 4.74 Å². The summed E-state index contributed by atoms with van der Waals surface area (Å²) < 4.78 is 35.7. The van der Waals surface area contributed by atoms with Crippen molar-refractivity contribution in [2.75, 3.05) is 6.61 Å². The normalized spacial score (nSPS) is 20.7. The molecular formula is C22H24F2OS. The molecule has 1 heterocycles. The fourth-order valence-corrected chi connectivity index (χ4v) is 5.33. The van der Waals surface area contributed by atoms with Gasteiger partial charge in [0.2, 0.25) is 0 Å². The molecule has 0 amide bonds. The Kier molecular flexibility index (Phi) is 5.12. The van der Waals surface area contributed by atoms with Crippen molar-refractivity contribution in [3.05, 3.63) is 42.0 Å². The van der Waals surface area contributed by atoms with Crippen molar-refractivity contribution in [2.45, 2.75) is 45.4 Å². The van der Waals surface area contributed by atoms with E-state index < -0.39 is 0 Å². The maximum absolute atomic E-state index is 14.9. The van der Waals surface area contributed by atoms with Crippen LogP contribution in [0, 0.1) is 23.5 Å². The molecule has 0 N–H and O–H groups in total. The second-order valence-corrected chi connectivity index (χ2v) is 8.48. The summed E-state index contributed by atoms with van der Waals surface area (Å²) in [7, 11) is 0. The second-order valence-electron chi connectivity index (χ2n) is 7.46. The first-order valence-electron chi connectivity index (χ1n) is 9.59. The average molecular weight is 374 g/mol. The minimum atomic E-state index is -0.359. The smallest absolute Gasteiger partial charge is 0.182 e. The third-order valence-electron chi connectivity index (χ3n) is 5.66. The van der Waals surface area contributed by atoms with Gasteiger partial charge in [0.25, 0.3) is 0 Å². The summed E-state index contributed by atoms with van der Waals surface area (Å²) in [6.45, 7) is 2.81. The zero-order valence-corrected chi connectivity index (χ0v) is 15.9. The Hall–Kier alpha value is -1.68. The van der Waals surface area contributed by atoms with Crippen LogP contribution in [0.4, 0.5) is 8.78 Å². The molecule has 138 valence electrons. The van der Waals surface area contributed by atoms with Crippen LogP contribution in [0.15, 0.2) is 30.3 Å². The molecule has 26 heavy (non-hydrogen) atoms. The fourth-order valence-electron chi connectivity index (χ4n) is 4.19. The van der Waals surface area contributed by atoms with Crippen molar-refractivity contribution in [3.63, 3.8) is 0 Å². The van der Waals surface area contributed by atoms with Crippen LogP contribution >= 0.6 is 11.3 Å². The lowest BCUT2D eigenvalue weighted by atomic mass is 9.80. The van der Waals surface area contributed by atoms with Gasteiger partial charge in [0.1, 0.15) is 5.82 Å². The molecule has 4 rings (SSSR count). The van der Waals surface area contributed by atoms with Gasteiger partial charge in [-0.05, 0) is 42.9 Å². The van der Waals surface area contributed by atoms with E-state index in [0.29, 0.717) is 27.7 Å². The Bertz CT molecular complexity index is 909. The third-order valence-corrected chi connectivity index (χ3v) is 6.88. The molecule has 1 nitrogen and oxygen atoms in total. The number of hydrogen-bond acceptors (Lipinski definition) is 2. The van der Waals surface area contributed by atoms with Crippen molar-refractivity contribution in [1.29, 1.82) is 0 Å². The number of thiophene rings is 1. The highest BCUT2D eigenvalue weighted by Crippen LogP contribution is 2.40. The highest BCUT2D eigenvalue weighted by molar-refractivity contribution is 7.25. The van der Waals surface area contributed by atoms with E-state index in [2.05, 4.69) is 6.92 Å². The number of halogens is 2. The van der Waals surface area contributed by atoms with E-state index in [1.54, 1.807) is 12.1 Å². The predicted molar refractivity (Wildman–Crippen MR) is 105 cm³/mol. The van der Waals surface area contributed by atoms with Gasteiger partial charge in [0.05, 0.1) is 16.0 Å². The Balaban J connectivity index is 1.50. The summed E-state index contributed by atoms with van der Waals surface area (Å²) in [5.74, 6) is 1.01. The zero-order chi connectivity index (χ0) is 18.1. The van der Waals surface area contributed by atoms with Gasteiger partial charge >= 0.3 is 0 Å². The van der Waals surface area contributed by atoms with Gasteiger partial charge in [-0.25, -0.2) is 8.78 Å². The Morgan fingerprint density at radius 3 is 2.46 bits per heavy atom. The van der Waals surface area contributed by atoms with Crippen LogP contribution in [-0.4, -0.2) is 6.61 Å². The molecule has 0 spiro atoms. The highest BCUT2D eigenvalue weighted by atomic mass is 32.1. The van der Waals surface area contributed by atoms with E-state index in [1.165, 1.54) is 55.9 Å². The number of fused-ring (bicyclic) bond motifs is 3. The predicted octanol–water partition coefficient (Wildman–Crippen LogP) is 7.32. The number of benzene rings is 2. The quantitative estimate of drug-likeness (QED) is 0.455. The lowest BCUT2D eigenvalue weighted by Gasteiger charge is -2.28. The Morgan fingerprint density at radius 1 is 0.962 bits per heavy atom. The summed E-state index contributed by atoms with van der Waals surface area (Å²) in [5.41, 5.74) is 0.